The van der Waals surface area contributed by atoms with Gasteiger partial charge in [0.25, 0.3) is 0 Å². The highest BCUT2D eigenvalue weighted by atomic mass is 79.9. The second-order valence-electron chi connectivity index (χ2n) is 2.25. The average molecular weight is 234 g/mol. The molecule has 1 aromatic rings. The van der Waals surface area contributed by atoms with Gasteiger partial charge in [0.1, 0.15) is 4.60 Å². The van der Waals surface area contributed by atoms with E-state index >= 15 is 0 Å². The Balaban J connectivity index is 2.87. The highest BCUT2D eigenvalue weighted by Gasteiger charge is 2.18. The van der Waals surface area contributed by atoms with E-state index in [0.29, 0.717) is 11.0 Å². The van der Waals surface area contributed by atoms with Crippen LogP contribution < -0.4 is 0 Å². The van der Waals surface area contributed by atoms with Gasteiger partial charge in [-0.1, -0.05) is 6.92 Å². The predicted molar refractivity (Wildman–Crippen MR) is 44.7 cm³/mol. The first kappa shape index (κ1) is 9.18. The summed E-state index contributed by atoms with van der Waals surface area (Å²) in [5.41, 5.74) is 0. The zero-order chi connectivity index (χ0) is 9.14. The van der Waals surface area contributed by atoms with Crippen LogP contribution in [-0.4, -0.2) is 26.1 Å². The van der Waals surface area contributed by atoms with E-state index in [9.17, 15) is 4.79 Å². The maximum atomic E-state index is 10.6. The molecule has 6 heteroatoms. The topological polar surface area (TPSA) is 68.0 Å². The fourth-order valence-corrected chi connectivity index (χ4v) is 1.10. The summed E-state index contributed by atoms with van der Waals surface area (Å²) in [7, 11) is 0. The third-order valence-electron chi connectivity index (χ3n) is 1.43. The van der Waals surface area contributed by atoms with Gasteiger partial charge in [-0.05, 0) is 22.4 Å². The maximum absolute atomic E-state index is 10.6. The summed E-state index contributed by atoms with van der Waals surface area (Å²) < 4.78 is 0.544. The van der Waals surface area contributed by atoms with Gasteiger partial charge in [-0.2, -0.15) is 9.90 Å². The van der Waals surface area contributed by atoms with Gasteiger partial charge in [-0.15, -0.1) is 5.10 Å². The Hall–Kier alpha value is -0.910. The van der Waals surface area contributed by atoms with Crippen molar-refractivity contribution in [2.75, 3.05) is 0 Å². The van der Waals surface area contributed by atoms with E-state index in [0.717, 1.165) is 0 Å². The molecule has 0 fully saturated rings. The second-order valence-corrected chi connectivity index (χ2v) is 3.06. The molecule has 0 aliphatic heterocycles. The molecular weight excluding hydrogens is 226 g/mol. The summed E-state index contributed by atoms with van der Waals surface area (Å²) in [6, 6.07) is -0.670. The van der Waals surface area contributed by atoms with E-state index in [-0.39, 0.29) is 0 Å². The molecule has 0 radical (unpaired) electrons. The number of rotatable bonds is 3. The zero-order valence-electron chi connectivity index (χ0n) is 6.44. The molecule has 0 amide bonds. The summed E-state index contributed by atoms with van der Waals surface area (Å²) in [6.45, 7) is 1.77. The average Bonchev–Trinajstić information content (AvgIpc) is 2.37. The molecule has 1 atom stereocenters. The molecular formula is C6H8BrN3O2. The van der Waals surface area contributed by atoms with Crippen molar-refractivity contribution >= 4 is 21.9 Å². The number of hydrogen-bond donors (Lipinski definition) is 1. The van der Waals surface area contributed by atoms with E-state index < -0.39 is 12.0 Å². The highest BCUT2D eigenvalue weighted by Crippen LogP contribution is 2.10. The minimum atomic E-state index is -0.916. The largest absolute Gasteiger partial charge is 0.480 e. The van der Waals surface area contributed by atoms with E-state index in [2.05, 4.69) is 26.1 Å². The molecule has 1 N–H and O–H groups in total. The summed E-state index contributed by atoms with van der Waals surface area (Å²) in [6.07, 6.45) is 1.93. The van der Waals surface area contributed by atoms with Crippen molar-refractivity contribution in [3.8, 4) is 0 Å². The lowest BCUT2D eigenvalue weighted by Crippen LogP contribution is -2.20. The Kier molecular flexibility index (Phi) is 2.80. The van der Waals surface area contributed by atoms with Crippen molar-refractivity contribution in [1.82, 2.24) is 15.0 Å². The van der Waals surface area contributed by atoms with Crippen LogP contribution in [0.4, 0.5) is 0 Å². The molecule has 0 saturated carbocycles. The van der Waals surface area contributed by atoms with Gasteiger partial charge in [0.2, 0.25) is 0 Å². The molecule has 12 heavy (non-hydrogen) atoms. The number of nitrogens with zero attached hydrogens (tertiary/aromatic N) is 3. The molecule has 0 saturated heterocycles. The van der Waals surface area contributed by atoms with Crippen LogP contribution in [0.2, 0.25) is 0 Å². The lowest BCUT2D eigenvalue weighted by atomic mass is 10.2. The van der Waals surface area contributed by atoms with Gasteiger partial charge < -0.3 is 5.11 Å². The van der Waals surface area contributed by atoms with Crippen molar-refractivity contribution in [3.63, 3.8) is 0 Å². The highest BCUT2D eigenvalue weighted by molar-refractivity contribution is 9.10. The number of hydrogen-bond acceptors (Lipinski definition) is 3. The van der Waals surface area contributed by atoms with Crippen molar-refractivity contribution in [2.45, 2.75) is 19.4 Å². The Morgan fingerprint density at radius 2 is 2.58 bits per heavy atom. The van der Waals surface area contributed by atoms with Crippen LogP contribution in [0.1, 0.15) is 19.4 Å². The van der Waals surface area contributed by atoms with Crippen LogP contribution in [0, 0.1) is 0 Å². The van der Waals surface area contributed by atoms with E-state index in [1.807, 2.05) is 0 Å². The van der Waals surface area contributed by atoms with Gasteiger partial charge in [0.05, 0.1) is 6.20 Å². The van der Waals surface area contributed by atoms with Crippen LogP contribution in [0.3, 0.4) is 0 Å². The standard InChI is InChI=1S/C6H8BrN3O2/c1-2-4(6(11)12)10-8-3-5(7)9-10/h3-4H,2H2,1H3,(H,11,12). The lowest BCUT2D eigenvalue weighted by molar-refractivity contribution is -0.141. The number of aliphatic carboxylic acids is 1. The smallest absolute Gasteiger partial charge is 0.330 e. The monoisotopic (exact) mass is 233 g/mol. The van der Waals surface area contributed by atoms with Crippen molar-refractivity contribution in [2.24, 2.45) is 0 Å². The van der Waals surface area contributed by atoms with Crippen LogP contribution >= 0.6 is 15.9 Å². The van der Waals surface area contributed by atoms with Gasteiger partial charge in [-0.3, -0.25) is 0 Å². The Morgan fingerprint density at radius 1 is 1.92 bits per heavy atom. The molecule has 1 rings (SSSR count). The molecule has 0 bridgehead atoms. The minimum Gasteiger partial charge on any atom is -0.480 e. The van der Waals surface area contributed by atoms with Gasteiger partial charge in [0.15, 0.2) is 6.04 Å². The Morgan fingerprint density at radius 3 is 2.92 bits per heavy atom. The van der Waals surface area contributed by atoms with Crippen LogP contribution in [-0.2, 0) is 4.79 Å². The van der Waals surface area contributed by atoms with E-state index in [4.69, 9.17) is 5.11 Å². The molecule has 0 aliphatic rings. The van der Waals surface area contributed by atoms with Gasteiger partial charge in [0, 0.05) is 0 Å². The lowest BCUT2D eigenvalue weighted by Gasteiger charge is -2.06. The van der Waals surface area contributed by atoms with Crippen molar-refractivity contribution in [1.29, 1.82) is 0 Å². The van der Waals surface area contributed by atoms with Gasteiger partial charge >= 0.3 is 5.97 Å². The van der Waals surface area contributed by atoms with E-state index in [1.165, 1.54) is 11.0 Å². The summed E-state index contributed by atoms with van der Waals surface area (Å²) in [5, 5.41) is 16.4. The number of aromatic nitrogens is 3. The zero-order valence-corrected chi connectivity index (χ0v) is 8.02. The fourth-order valence-electron chi connectivity index (χ4n) is 0.843. The molecule has 0 spiro atoms. The van der Waals surface area contributed by atoms with Crippen LogP contribution in [0.25, 0.3) is 0 Å². The Bertz CT molecular complexity index is 286. The number of carbonyl (C=O) groups is 1. The number of carboxylic acids is 1. The van der Waals surface area contributed by atoms with Crippen molar-refractivity contribution < 1.29 is 9.90 Å². The number of halogens is 1. The third kappa shape index (κ3) is 1.82. The SMILES string of the molecule is CCC(C(=O)O)n1ncc(Br)n1. The van der Waals surface area contributed by atoms with E-state index in [1.54, 1.807) is 6.92 Å². The third-order valence-corrected chi connectivity index (χ3v) is 1.79. The first-order valence-electron chi connectivity index (χ1n) is 3.45. The molecule has 1 heterocycles. The predicted octanol–water partition coefficient (Wildman–Crippen LogP) is 1.08. The maximum Gasteiger partial charge on any atom is 0.330 e. The minimum absolute atomic E-state index is 0.469. The van der Waals surface area contributed by atoms with Crippen LogP contribution in [0.5, 0.6) is 0 Å². The van der Waals surface area contributed by atoms with Crippen molar-refractivity contribution in [3.05, 3.63) is 10.8 Å². The molecule has 66 valence electrons. The summed E-state index contributed by atoms with van der Waals surface area (Å²) >= 11 is 3.09. The van der Waals surface area contributed by atoms with Crippen LogP contribution in [0.15, 0.2) is 10.8 Å². The normalized spacial score (nSPS) is 12.8. The molecule has 0 aliphatic carbocycles. The fraction of sp³-hybridized carbons (Fsp3) is 0.500. The molecule has 1 unspecified atom stereocenters. The van der Waals surface area contributed by atoms with Gasteiger partial charge in [-0.25, -0.2) is 4.79 Å². The quantitative estimate of drug-likeness (QED) is 0.849. The summed E-state index contributed by atoms with van der Waals surface area (Å²) in [4.78, 5) is 11.8. The Labute approximate surface area is 77.5 Å². The number of carboxylic acid groups (broad SMARTS) is 1. The first-order valence-corrected chi connectivity index (χ1v) is 4.24. The second kappa shape index (κ2) is 3.66. The summed E-state index contributed by atoms with van der Waals surface area (Å²) in [5.74, 6) is -0.916. The molecule has 0 aromatic carbocycles. The molecule has 1 aromatic heterocycles. The molecule has 5 nitrogen and oxygen atoms in total. The first-order chi connectivity index (χ1) is 5.65.